The number of H-pyrrole nitrogens is 2. The summed E-state index contributed by atoms with van der Waals surface area (Å²) in [5.74, 6) is -0.370. The van der Waals surface area contributed by atoms with Crippen molar-refractivity contribution < 1.29 is 9.90 Å². The van der Waals surface area contributed by atoms with E-state index in [-0.39, 0.29) is 23.6 Å². The summed E-state index contributed by atoms with van der Waals surface area (Å²) < 4.78 is 0. The number of β-amino-alcohol motifs (C(OH)–C–C–N with tert-alkyl or cyclic N) is 1. The van der Waals surface area contributed by atoms with Gasteiger partial charge in [0.2, 0.25) is 0 Å². The quantitative estimate of drug-likeness (QED) is 0.621. The van der Waals surface area contributed by atoms with Crippen LogP contribution in [0.5, 0.6) is 0 Å². The Morgan fingerprint density at radius 2 is 1.95 bits per heavy atom. The predicted octanol–water partition coefficient (Wildman–Crippen LogP) is 0.788. The fourth-order valence-electron chi connectivity index (χ4n) is 1.87. The summed E-state index contributed by atoms with van der Waals surface area (Å²) in [6.45, 7) is 6.06. The number of fused-ring (bicyclic) bond motifs is 1. The molecule has 6 heteroatoms. The van der Waals surface area contributed by atoms with Crippen molar-refractivity contribution in [2.45, 2.75) is 32.4 Å². The van der Waals surface area contributed by atoms with E-state index in [1.807, 2.05) is 20.8 Å². The summed E-state index contributed by atoms with van der Waals surface area (Å²) in [4.78, 5) is 28.5. The van der Waals surface area contributed by atoms with E-state index in [1.165, 1.54) is 0 Å². The Morgan fingerprint density at radius 3 is 2.60 bits per heavy atom. The number of aliphatic hydroxyl groups excluding tert-OH is 1. The zero-order valence-corrected chi connectivity index (χ0v) is 11.8. The highest BCUT2D eigenvalue weighted by Crippen LogP contribution is 2.12. The number of hydrogen-bond donors (Lipinski definition) is 4. The van der Waals surface area contributed by atoms with E-state index in [4.69, 9.17) is 0 Å². The van der Waals surface area contributed by atoms with Gasteiger partial charge in [0.15, 0.2) is 5.78 Å². The van der Waals surface area contributed by atoms with Gasteiger partial charge in [-0.2, -0.15) is 0 Å². The summed E-state index contributed by atoms with van der Waals surface area (Å²) in [6, 6.07) is 4.80. The summed E-state index contributed by atoms with van der Waals surface area (Å²) in [7, 11) is 0. The highest BCUT2D eigenvalue weighted by molar-refractivity contribution is 6.01. The molecule has 1 atom stereocenters. The Morgan fingerprint density at radius 1 is 1.30 bits per heavy atom. The molecule has 1 aromatic heterocycles. The van der Waals surface area contributed by atoms with Gasteiger partial charge in [-0.1, -0.05) is 0 Å². The highest BCUT2D eigenvalue weighted by atomic mass is 16.3. The van der Waals surface area contributed by atoms with Crippen molar-refractivity contribution in [1.82, 2.24) is 15.3 Å². The molecule has 0 fully saturated rings. The number of imidazole rings is 1. The number of Topliss-reactive ketones (excluding diaryl/α,β-unsaturated/α-hetero) is 1. The van der Waals surface area contributed by atoms with Crippen molar-refractivity contribution in [3.63, 3.8) is 0 Å². The van der Waals surface area contributed by atoms with Crippen molar-refractivity contribution in [2.75, 3.05) is 6.54 Å². The molecule has 2 rings (SSSR count). The van der Waals surface area contributed by atoms with Crippen LogP contribution in [0.1, 0.15) is 31.1 Å². The van der Waals surface area contributed by atoms with E-state index >= 15 is 0 Å². The number of carbonyl (C=O) groups is 1. The molecule has 1 unspecified atom stereocenters. The third-order valence-electron chi connectivity index (χ3n) is 2.93. The molecule has 1 aromatic carbocycles. The van der Waals surface area contributed by atoms with Crippen LogP contribution in [0.15, 0.2) is 23.0 Å². The number of carbonyl (C=O) groups excluding carboxylic acids is 1. The van der Waals surface area contributed by atoms with Gasteiger partial charge < -0.3 is 20.4 Å². The lowest BCUT2D eigenvalue weighted by Gasteiger charge is -2.22. The topological polar surface area (TPSA) is 98.0 Å². The molecule has 6 nitrogen and oxygen atoms in total. The predicted molar refractivity (Wildman–Crippen MR) is 77.0 cm³/mol. The molecule has 0 aliphatic rings. The number of nitrogens with one attached hydrogen (secondary N) is 3. The summed E-state index contributed by atoms with van der Waals surface area (Å²) in [5, 5.41) is 13.0. The van der Waals surface area contributed by atoms with Gasteiger partial charge in [-0.3, -0.25) is 4.79 Å². The Kier molecular flexibility index (Phi) is 3.78. The lowest BCUT2D eigenvalue weighted by Crippen LogP contribution is -2.43. The van der Waals surface area contributed by atoms with Crippen LogP contribution in [0.3, 0.4) is 0 Å². The number of aromatic amines is 2. The van der Waals surface area contributed by atoms with E-state index in [9.17, 15) is 14.7 Å². The fourth-order valence-corrected chi connectivity index (χ4v) is 1.87. The van der Waals surface area contributed by atoms with Crippen molar-refractivity contribution in [3.8, 4) is 0 Å². The highest BCUT2D eigenvalue weighted by Gasteiger charge is 2.20. The van der Waals surface area contributed by atoms with Crippen LogP contribution in [-0.4, -0.2) is 39.0 Å². The van der Waals surface area contributed by atoms with E-state index in [0.717, 1.165) is 0 Å². The van der Waals surface area contributed by atoms with E-state index < -0.39 is 6.10 Å². The van der Waals surface area contributed by atoms with Crippen LogP contribution in [-0.2, 0) is 0 Å². The average Bonchev–Trinajstić information content (AvgIpc) is 2.73. The summed E-state index contributed by atoms with van der Waals surface area (Å²) >= 11 is 0. The van der Waals surface area contributed by atoms with Crippen LogP contribution in [0.2, 0.25) is 0 Å². The number of hydrogen-bond acceptors (Lipinski definition) is 4. The molecular weight excluding hydrogens is 258 g/mol. The third-order valence-corrected chi connectivity index (χ3v) is 2.93. The normalized spacial score (nSPS) is 13.6. The van der Waals surface area contributed by atoms with Crippen molar-refractivity contribution in [2.24, 2.45) is 0 Å². The summed E-state index contributed by atoms with van der Waals surface area (Å²) in [6.07, 6.45) is -1.11. The van der Waals surface area contributed by atoms with Crippen LogP contribution in [0.4, 0.5) is 0 Å². The van der Waals surface area contributed by atoms with Gasteiger partial charge in [-0.25, -0.2) is 4.79 Å². The maximum Gasteiger partial charge on any atom is 0.323 e. The molecule has 0 aliphatic heterocycles. The first kappa shape index (κ1) is 14.5. The van der Waals surface area contributed by atoms with Crippen LogP contribution in [0.25, 0.3) is 11.0 Å². The average molecular weight is 277 g/mol. The molecule has 4 N–H and O–H groups in total. The van der Waals surface area contributed by atoms with Crippen molar-refractivity contribution in [1.29, 1.82) is 0 Å². The lowest BCUT2D eigenvalue weighted by atomic mass is 10.0. The zero-order chi connectivity index (χ0) is 14.9. The standard InChI is InChI=1S/C14H19N3O3/c1-14(2,3)15-7-11(18)12(19)8-4-5-9-10(6-8)17-13(20)16-9/h4-6,11,15,18H,7H2,1-3H3,(H2,16,17,20). The van der Waals surface area contributed by atoms with Crippen LogP contribution >= 0.6 is 0 Å². The molecular formula is C14H19N3O3. The second-order valence-electron chi connectivity index (χ2n) is 5.85. The minimum atomic E-state index is -1.11. The first-order valence-electron chi connectivity index (χ1n) is 6.45. The first-order chi connectivity index (χ1) is 9.26. The second kappa shape index (κ2) is 5.22. The molecule has 0 spiro atoms. The van der Waals surface area contributed by atoms with Crippen molar-refractivity contribution >= 4 is 16.8 Å². The number of benzene rings is 1. The van der Waals surface area contributed by atoms with Gasteiger partial charge in [0.25, 0.3) is 0 Å². The SMILES string of the molecule is CC(C)(C)NCC(O)C(=O)c1ccc2[nH]c(=O)[nH]c2c1. The summed E-state index contributed by atoms with van der Waals surface area (Å²) in [5.41, 5.74) is 1.07. The van der Waals surface area contributed by atoms with Gasteiger partial charge in [-0.15, -0.1) is 0 Å². The number of aliphatic hydroxyl groups is 1. The van der Waals surface area contributed by atoms with Gasteiger partial charge in [0.1, 0.15) is 6.10 Å². The van der Waals surface area contributed by atoms with Crippen LogP contribution < -0.4 is 11.0 Å². The molecule has 108 valence electrons. The molecule has 0 aliphatic carbocycles. The molecule has 0 saturated heterocycles. The van der Waals surface area contributed by atoms with Crippen molar-refractivity contribution in [3.05, 3.63) is 34.2 Å². The Hall–Kier alpha value is -1.92. The Labute approximate surface area is 116 Å². The largest absolute Gasteiger partial charge is 0.384 e. The lowest BCUT2D eigenvalue weighted by molar-refractivity contribution is 0.0734. The molecule has 0 radical (unpaired) electrons. The van der Waals surface area contributed by atoms with E-state index in [1.54, 1.807) is 18.2 Å². The van der Waals surface area contributed by atoms with E-state index in [0.29, 0.717) is 16.6 Å². The van der Waals surface area contributed by atoms with Gasteiger partial charge in [0.05, 0.1) is 11.0 Å². The maximum atomic E-state index is 12.1. The molecule has 1 heterocycles. The minimum Gasteiger partial charge on any atom is -0.384 e. The molecule has 0 saturated carbocycles. The first-order valence-corrected chi connectivity index (χ1v) is 6.45. The Balaban J connectivity index is 2.15. The molecule has 2 aromatic rings. The fraction of sp³-hybridized carbons (Fsp3) is 0.429. The third kappa shape index (κ3) is 3.34. The van der Waals surface area contributed by atoms with Gasteiger partial charge in [0, 0.05) is 17.6 Å². The van der Waals surface area contributed by atoms with Gasteiger partial charge in [-0.05, 0) is 39.0 Å². The second-order valence-corrected chi connectivity index (χ2v) is 5.85. The number of ketones is 1. The Bertz CT molecular complexity index is 679. The smallest absolute Gasteiger partial charge is 0.323 e. The zero-order valence-electron chi connectivity index (χ0n) is 11.8. The maximum absolute atomic E-state index is 12.1. The number of rotatable bonds is 4. The molecule has 20 heavy (non-hydrogen) atoms. The minimum absolute atomic E-state index is 0.170. The number of aromatic nitrogens is 2. The molecule has 0 amide bonds. The van der Waals surface area contributed by atoms with Gasteiger partial charge >= 0.3 is 5.69 Å². The van der Waals surface area contributed by atoms with E-state index in [2.05, 4.69) is 15.3 Å². The van der Waals surface area contributed by atoms with Crippen LogP contribution in [0, 0.1) is 0 Å². The monoisotopic (exact) mass is 277 g/mol. The molecule has 0 bridgehead atoms.